The van der Waals surface area contributed by atoms with Crippen molar-refractivity contribution >= 4 is 5.91 Å². The molecule has 1 amide bonds. The third-order valence-electron chi connectivity index (χ3n) is 3.16. The molecule has 1 N–H and O–H groups in total. The van der Waals surface area contributed by atoms with Gasteiger partial charge in [0.2, 0.25) is 5.91 Å². The standard InChI is InChI=1S/C16H21NO/c1-5-7-15(6-2)17-16(18)11-14-9-8-12(3)13(4)10-14/h1,8-10,15H,6-7,11H2,2-4H3,(H,17,18). The summed E-state index contributed by atoms with van der Waals surface area (Å²) in [7, 11) is 0. The van der Waals surface area contributed by atoms with Crippen molar-refractivity contribution in [2.45, 2.75) is 46.1 Å². The lowest BCUT2D eigenvalue weighted by Crippen LogP contribution is -2.35. The number of nitrogens with one attached hydrogen (secondary N) is 1. The highest BCUT2D eigenvalue weighted by Crippen LogP contribution is 2.10. The summed E-state index contributed by atoms with van der Waals surface area (Å²) >= 11 is 0. The lowest BCUT2D eigenvalue weighted by Gasteiger charge is -2.14. The second-order valence-electron chi connectivity index (χ2n) is 4.68. The molecule has 0 fully saturated rings. The van der Waals surface area contributed by atoms with Crippen molar-refractivity contribution < 1.29 is 4.79 Å². The number of rotatable bonds is 5. The molecule has 0 bridgehead atoms. The summed E-state index contributed by atoms with van der Waals surface area (Å²) in [6.45, 7) is 6.15. The SMILES string of the molecule is C#CCC(CC)NC(=O)Cc1ccc(C)c(C)c1. The van der Waals surface area contributed by atoms with E-state index in [-0.39, 0.29) is 11.9 Å². The molecule has 0 spiro atoms. The summed E-state index contributed by atoms with van der Waals surface area (Å²) in [5.74, 6) is 2.63. The molecule has 0 saturated heterocycles. The Morgan fingerprint density at radius 2 is 2.11 bits per heavy atom. The summed E-state index contributed by atoms with van der Waals surface area (Å²) in [5, 5.41) is 2.97. The summed E-state index contributed by atoms with van der Waals surface area (Å²) < 4.78 is 0. The van der Waals surface area contributed by atoms with Crippen LogP contribution in [0.2, 0.25) is 0 Å². The molecule has 0 radical (unpaired) electrons. The van der Waals surface area contributed by atoms with Gasteiger partial charge in [-0.3, -0.25) is 4.79 Å². The largest absolute Gasteiger partial charge is 0.352 e. The predicted octanol–water partition coefficient (Wildman–Crippen LogP) is 2.76. The Morgan fingerprint density at radius 1 is 1.39 bits per heavy atom. The Labute approximate surface area is 110 Å². The minimum atomic E-state index is 0.0420. The van der Waals surface area contributed by atoms with Crippen molar-refractivity contribution in [3.05, 3.63) is 34.9 Å². The highest BCUT2D eigenvalue weighted by molar-refractivity contribution is 5.79. The van der Waals surface area contributed by atoms with Crippen LogP contribution in [-0.2, 0) is 11.2 Å². The number of carbonyl (C=O) groups excluding carboxylic acids is 1. The summed E-state index contributed by atoms with van der Waals surface area (Å²) in [6.07, 6.45) is 7.14. The van der Waals surface area contributed by atoms with Gasteiger partial charge in [0.1, 0.15) is 0 Å². The van der Waals surface area contributed by atoms with E-state index in [1.807, 2.05) is 13.0 Å². The van der Waals surface area contributed by atoms with Crippen molar-refractivity contribution in [3.63, 3.8) is 0 Å². The zero-order valence-corrected chi connectivity index (χ0v) is 11.4. The van der Waals surface area contributed by atoms with Gasteiger partial charge in [0.15, 0.2) is 0 Å². The summed E-state index contributed by atoms with van der Waals surface area (Å²) in [5.41, 5.74) is 3.51. The minimum absolute atomic E-state index is 0.0420. The molecule has 18 heavy (non-hydrogen) atoms. The van der Waals surface area contributed by atoms with Crippen molar-refractivity contribution in [1.29, 1.82) is 0 Å². The second-order valence-corrected chi connectivity index (χ2v) is 4.68. The van der Waals surface area contributed by atoms with Gasteiger partial charge in [0.05, 0.1) is 6.42 Å². The fourth-order valence-electron chi connectivity index (χ4n) is 1.82. The molecule has 0 saturated carbocycles. The molecule has 2 heteroatoms. The first-order valence-electron chi connectivity index (χ1n) is 6.35. The fraction of sp³-hybridized carbons (Fsp3) is 0.438. The maximum absolute atomic E-state index is 11.9. The number of hydrogen-bond acceptors (Lipinski definition) is 1. The van der Waals surface area contributed by atoms with Gasteiger partial charge in [-0.25, -0.2) is 0 Å². The third-order valence-corrected chi connectivity index (χ3v) is 3.16. The van der Waals surface area contributed by atoms with E-state index in [4.69, 9.17) is 6.42 Å². The van der Waals surface area contributed by atoms with E-state index in [0.717, 1.165) is 12.0 Å². The van der Waals surface area contributed by atoms with Gasteiger partial charge >= 0.3 is 0 Å². The number of hydrogen-bond donors (Lipinski definition) is 1. The Hall–Kier alpha value is -1.75. The average molecular weight is 243 g/mol. The van der Waals surface area contributed by atoms with Gasteiger partial charge < -0.3 is 5.32 Å². The van der Waals surface area contributed by atoms with Crippen molar-refractivity contribution in [3.8, 4) is 12.3 Å². The first-order chi connectivity index (χ1) is 8.56. The fourth-order valence-corrected chi connectivity index (χ4v) is 1.82. The molecule has 1 unspecified atom stereocenters. The molecule has 2 nitrogen and oxygen atoms in total. The normalized spacial score (nSPS) is 11.7. The first-order valence-corrected chi connectivity index (χ1v) is 6.35. The van der Waals surface area contributed by atoms with Crippen LogP contribution in [0.1, 0.15) is 36.5 Å². The highest BCUT2D eigenvalue weighted by atomic mass is 16.1. The molecule has 96 valence electrons. The summed E-state index contributed by atoms with van der Waals surface area (Å²) in [4.78, 5) is 11.9. The number of carbonyl (C=O) groups is 1. The highest BCUT2D eigenvalue weighted by Gasteiger charge is 2.10. The van der Waals surface area contributed by atoms with Gasteiger partial charge in [0, 0.05) is 12.5 Å². The molecule has 1 aromatic carbocycles. The molecule has 1 rings (SSSR count). The van der Waals surface area contributed by atoms with E-state index in [0.29, 0.717) is 12.8 Å². The van der Waals surface area contributed by atoms with Gasteiger partial charge in [-0.2, -0.15) is 0 Å². The van der Waals surface area contributed by atoms with E-state index in [1.165, 1.54) is 11.1 Å². The Kier molecular flexibility index (Phi) is 5.45. The van der Waals surface area contributed by atoms with E-state index in [9.17, 15) is 4.79 Å². The smallest absolute Gasteiger partial charge is 0.224 e. The quantitative estimate of drug-likeness (QED) is 0.792. The minimum Gasteiger partial charge on any atom is -0.352 e. The molecule has 0 aromatic heterocycles. The first kappa shape index (κ1) is 14.3. The van der Waals surface area contributed by atoms with E-state index < -0.39 is 0 Å². The van der Waals surface area contributed by atoms with Crippen LogP contribution in [0.15, 0.2) is 18.2 Å². The van der Waals surface area contributed by atoms with Crippen LogP contribution < -0.4 is 5.32 Å². The molecule has 0 heterocycles. The number of aryl methyl sites for hydroxylation is 2. The Balaban J connectivity index is 2.59. The van der Waals surface area contributed by atoms with Crippen LogP contribution in [0.25, 0.3) is 0 Å². The molecule has 1 aromatic rings. The molecule has 0 aliphatic carbocycles. The summed E-state index contributed by atoms with van der Waals surface area (Å²) in [6, 6.07) is 6.21. The van der Waals surface area contributed by atoms with Crippen LogP contribution in [0.5, 0.6) is 0 Å². The van der Waals surface area contributed by atoms with Crippen LogP contribution in [0, 0.1) is 26.2 Å². The molecule has 1 atom stereocenters. The zero-order chi connectivity index (χ0) is 13.5. The van der Waals surface area contributed by atoms with Crippen molar-refractivity contribution in [2.75, 3.05) is 0 Å². The van der Waals surface area contributed by atoms with Crippen LogP contribution >= 0.6 is 0 Å². The predicted molar refractivity (Wildman–Crippen MR) is 75.3 cm³/mol. The van der Waals surface area contributed by atoms with Gasteiger partial charge in [-0.1, -0.05) is 25.1 Å². The van der Waals surface area contributed by atoms with E-state index in [1.54, 1.807) is 0 Å². The Morgan fingerprint density at radius 3 is 2.67 bits per heavy atom. The zero-order valence-electron chi connectivity index (χ0n) is 11.4. The molecule has 0 aliphatic rings. The number of benzene rings is 1. The van der Waals surface area contributed by atoms with Crippen LogP contribution in [0.3, 0.4) is 0 Å². The van der Waals surface area contributed by atoms with Gasteiger partial charge in [-0.15, -0.1) is 12.3 Å². The van der Waals surface area contributed by atoms with Gasteiger partial charge in [0.25, 0.3) is 0 Å². The monoisotopic (exact) mass is 243 g/mol. The average Bonchev–Trinajstić information content (AvgIpc) is 2.33. The molecular formula is C16H21NO. The maximum atomic E-state index is 11.9. The number of terminal acetylenes is 1. The topological polar surface area (TPSA) is 29.1 Å². The van der Waals surface area contributed by atoms with Gasteiger partial charge in [-0.05, 0) is 37.0 Å². The van der Waals surface area contributed by atoms with E-state index >= 15 is 0 Å². The van der Waals surface area contributed by atoms with Crippen molar-refractivity contribution in [1.82, 2.24) is 5.32 Å². The molecular weight excluding hydrogens is 222 g/mol. The van der Waals surface area contributed by atoms with Crippen LogP contribution in [-0.4, -0.2) is 11.9 Å². The third kappa shape index (κ3) is 4.25. The lowest BCUT2D eigenvalue weighted by atomic mass is 10.0. The molecule has 0 aliphatic heterocycles. The lowest BCUT2D eigenvalue weighted by molar-refractivity contribution is -0.121. The number of amides is 1. The van der Waals surface area contributed by atoms with Crippen molar-refractivity contribution in [2.24, 2.45) is 0 Å². The second kappa shape index (κ2) is 6.86. The maximum Gasteiger partial charge on any atom is 0.224 e. The van der Waals surface area contributed by atoms with Crippen LogP contribution in [0.4, 0.5) is 0 Å². The van der Waals surface area contributed by atoms with E-state index in [2.05, 4.69) is 37.2 Å². The Bertz CT molecular complexity index is 457.